The summed E-state index contributed by atoms with van der Waals surface area (Å²) < 4.78 is 15.2. The maximum atomic E-state index is 11.8. The van der Waals surface area contributed by atoms with Crippen molar-refractivity contribution in [3.05, 3.63) is 0 Å². The number of likely N-dealkylation sites (N-methyl/N-ethyl adjacent to an activating group) is 2. The second-order valence-corrected chi connectivity index (χ2v) is 9.16. The van der Waals surface area contributed by atoms with Crippen LogP contribution in [-0.2, 0) is 28.6 Å². The second-order valence-electron chi connectivity index (χ2n) is 9.16. The predicted molar refractivity (Wildman–Crippen MR) is 118 cm³/mol. The van der Waals surface area contributed by atoms with Crippen molar-refractivity contribution in [1.82, 2.24) is 10.6 Å². The summed E-state index contributed by atoms with van der Waals surface area (Å²) in [7, 11) is 6.62. The Kier molecular flexibility index (Phi) is 14.3. The van der Waals surface area contributed by atoms with E-state index in [1.807, 2.05) is 14.1 Å². The summed E-state index contributed by atoms with van der Waals surface area (Å²) in [4.78, 5) is 35.8. The smallest absolute Gasteiger partial charge is 0.361 e. The van der Waals surface area contributed by atoms with Gasteiger partial charge in [0.15, 0.2) is 13.1 Å². The molecule has 0 aromatic heterocycles. The maximum Gasteiger partial charge on any atom is 0.361 e. The largest absolute Gasteiger partial charge is 0.465 e. The Morgan fingerprint density at radius 3 is 2.13 bits per heavy atom. The fraction of sp³-hybridized carbons (Fsp3) is 0.857. The Hall–Kier alpha value is -1.75. The van der Waals surface area contributed by atoms with Crippen molar-refractivity contribution < 1.29 is 38.0 Å². The average molecular weight is 449 g/mol. The van der Waals surface area contributed by atoms with Crippen molar-refractivity contribution in [3.63, 3.8) is 0 Å². The lowest BCUT2D eigenvalue weighted by Crippen LogP contribution is -3.10. The van der Waals surface area contributed by atoms with Gasteiger partial charge in [-0.05, 0) is 20.8 Å². The standard InChI is InChI=1S/C21H43N4O6/c1-21(2,3)23-11-14-25(5,17-20(28)30-7)13-10-22-9-8-18(26)31-15-12-24(4)16-19(27)29-6/h22-23H,8-17H2,1-7H3/q+1/p+1. The number of hydrogen-bond donors (Lipinski definition) is 3. The van der Waals surface area contributed by atoms with Gasteiger partial charge in [0.05, 0.1) is 47.8 Å². The first-order valence-electron chi connectivity index (χ1n) is 10.8. The molecule has 0 saturated carbocycles. The first-order chi connectivity index (χ1) is 14.4. The van der Waals surface area contributed by atoms with Gasteiger partial charge in [0.1, 0.15) is 13.2 Å². The van der Waals surface area contributed by atoms with Gasteiger partial charge in [-0.25, -0.2) is 9.59 Å². The van der Waals surface area contributed by atoms with Crippen molar-refractivity contribution in [2.75, 3.05) is 87.3 Å². The number of nitrogens with one attached hydrogen (secondary N) is 3. The molecule has 0 aliphatic rings. The van der Waals surface area contributed by atoms with Crippen molar-refractivity contribution in [2.24, 2.45) is 0 Å². The zero-order valence-electron chi connectivity index (χ0n) is 20.5. The van der Waals surface area contributed by atoms with E-state index in [0.717, 1.165) is 24.5 Å². The third kappa shape index (κ3) is 16.6. The fourth-order valence-electron chi connectivity index (χ4n) is 2.83. The van der Waals surface area contributed by atoms with E-state index >= 15 is 0 Å². The van der Waals surface area contributed by atoms with Crippen LogP contribution in [0.4, 0.5) is 0 Å². The van der Waals surface area contributed by atoms with Crippen LogP contribution in [0.25, 0.3) is 0 Å². The van der Waals surface area contributed by atoms with Gasteiger partial charge in [0, 0.05) is 25.2 Å². The van der Waals surface area contributed by atoms with Crippen LogP contribution in [0.3, 0.4) is 0 Å². The number of carbonyl (C=O) groups excluding carboxylic acids is 3. The van der Waals surface area contributed by atoms with Crippen molar-refractivity contribution in [3.8, 4) is 0 Å². The molecule has 10 nitrogen and oxygen atoms in total. The minimum absolute atomic E-state index is 0.0182. The Bertz CT molecular complexity index is 552. The van der Waals surface area contributed by atoms with Crippen LogP contribution in [0, 0.1) is 0 Å². The molecule has 0 aromatic carbocycles. The van der Waals surface area contributed by atoms with E-state index in [1.165, 1.54) is 14.2 Å². The van der Waals surface area contributed by atoms with Gasteiger partial charge >= 0.3 is 17.9 Å². The molecule has 0 amide bonds. The molecule has 0 radical (unpaired) electrons. The fourth-order valence-corrected chi connectivity index (χ4v) is 2.83. The highest BCUT2D eigenvalue weighted by Crippen LogP contribution is 2.04. The minimum Gasteiger partial charge on any atom is -0.465 e. The Morgan fingerprint density at radius 2 is 1.55 bits per heavy atom. The highest BCUT2D eigenvalue weighted by Gasteiger charge is 2.26. The molecule has 0 aliphatic heterocycles. The van der Waals surface area contributed by atoms with E-state index in [1.54, 1.807) is 0 Å². The van der Waals surface area contributed by atoms with Gasteiger partial charge < -0.3 is 34.2 Å². The summed E-state index contributed by atoms with van der Waals surface area (Å²) in [6.45, 7) is 11.1. The highest BCUT2D eigenvalue weighted by atomic mass is 16.5. The van der Waals surface area contributed by atoms with Gasteiger partial charge in [-0.3, -0.25) is 4.79 Å². The molecular weight excluding hydrogens is 404 g/mol. The molecule has 0 bridgehead atoms. The Balaban J connectivity index is 4.17. The van der Waals surface area contributed by atoms with Gasteiger partial charge in [-0.1, -0.05) is 0 Å². The summed E-state index contributed by atoms with van der Waals surface area (Å²) in [5.41, 5.74) is 0.0182. The first kappa shape index (κ1) is 29.2. The monoisotopic (exact) mass is 448 g/mol. The average Bonchev–Trinajstić information content (AvgIpc) is 2.66. The van der Waals surface area contributed by atoms with Crippen LogP contribution in [-0.4, -0.2) is 115 Å². The molecule has 0 heterocycles. The molecule has 0 fully saturated rings. The molecule has 2 unspecified atom stereocenters. The van der Waals surface area contributed by atoms with Crippen LogP contribution < -0.4 is 15.5 Å². The number of carbonyl (C=O) groups is 3. The molecule has 3 N–H and O–H groups in total. The third-order valence-corrected chi connectivity index (χ3v) is 4.85. The van der Waals surface area contributed by atoms with Crippen molar-refractivity contribution in [2.45, 2.75) is 32.7 Å². The summed E-state index contributed by atoms with van der Waals surface area (Å²) >= 11 is 0. The number of esters is 3. The SMILES string of the molecule is COC(=O)C[NH+](C)CCOC(=O)CCNCC[N+](C)(CCNC(C)(C)C)CC(=O)OC. The zero-order valence-corrected chi connectivity index (χ0v) is 20.5. The molecule has 2 atom stereocenters. The number of methoxy groups -OCH3 is 2. The molecule has 31 heavy (non-hydrogen) atoms. The molecule has 182 valence electrons. The Morgan fingerprint density at radius 1 is 0.935 bits per heavy atom. The topological polar surface area (TPSA) is 107 Å². The van der Waals surface area contributed by atoms with E-state index in [4.69, 9.17) is 9.47 Å². The van der Waals surface area contributed by atoms with E-state index < -0.39 is 0 Å². The predicted octanol–water partition coefficient (Wildman–Crippen LogP) is -1.80. The van der Waals surface area contributed by atoms with Crippen molar-refractivity contribution in [1.29, 1.82) is 0 Å². The summed E-state index contributed by atoms with van der Waals surface area (Å²) in [6, 6.07) is 0. The quantitative estimate of drug-likeness (QED) is 0.110. The van der Waals surface area contributed by atoms with Crippen LogP contribution in [0.1, 0.15) is 27.2 Å². The Labute approximate surface area is 187 Å². The number of ether oxygens (including phenoxy) is 3. The van der Waals surface area contributed by atoms with Crippen LogP contribution in [0.2, 0.25) is 0 Å². The molecule has 0 aliphatic carbocycles. The normalized spacial score (nSPS) is 14.4. The molecule has 10 heteroatoms. The molecule has 0 spiro atoms. The lowest BCUT2D eigenvalue weighted by Gasteiger charge is -2.34. The second kappa shape index (κ2) is 15.1. The highest BCUT2D eigenvalue weighted by molar-refractivity contribution is 5.70. The first-order valence-corrected chi connectivity index (χ1v) is 10.8. The van der Waals surface area contributed by atoms with Gasteiger partial charge in [-0.15, -0.1) is 0 Å². The minimum atomic E-state index is -0.292. The van der Waals surface area contributed by atoms with Crippen LogP contribution >= 0.6 is 0 Å². The molecule has 0 aromatic rings. The zero-order chi connectivity index (χ0) is 23.9. The van der Waals surface area contributed by atoms with Crippen molar-refractivity contribution >= 4 is 17.9 Å². The molecular formula is C21H44N4O6+2. The van der Waals surface area contributed by atoms with E-state index in [0.29, 0.717) is 30.7 Å². The van der Waals surface area contributed by atoms with E-state index in [2.05, 4.69) is 36.1 Å². The lowest BCUT2D eigenvalue weighted by molar-refractivity contribution is -0.900. The van der Waals surface area contributed by atoms with Crippen LogP contribution in [0.15, 0.2) is 0 Å². The van der Waals surface area contributed by atoms with Crippen LogP contribution in [0.5, 0.6) is 0 Å². The van der Waals surface area contributed by atoms with Gasteiger partial charge in [0.2, 0.25) is 0 Å². The number of hydrogen-bond acceptors (Lipinski definition) is 8. The van der Waals surface area contributed by atoms with E-state index in [-0.39, 0.29) is 43.0 Å². The summed E-state index contributed by atoms with van der Waals surface area (Å²) in [5.74, 6) is -0.805. The van der Waals surface area contributed by atoms with Gasteiger partial charge in [-0.2, -0.15) is 0 Å². The number of quaternary nitrogens is 2. The molecule has 0 saturated heterocycles. The molecule has 0 rings (SSSR count). The number of rotatable bonds is 16. The maximum absolute atomic E-state index is 11.8. The summed E-state index contributed by atoms with van der Waals surface area (Å²) in [6.07, 6.45) is 0.266. The lowest BCUT2D eigenvalue weighted by atomic mass is 10.1. The number of nitrogens with zero attached hydrogens (tertiary/aromatic N) is 1. The third-order valence-electron chi connectivity index (χ3n) is 4.85. The van der Waals surface area contributed by atoms with E-state index in [9.17, 15) is 14.4 Å². The van der Waals surface area contributed by atoms with Gasteiger partial charge in [0.25, 0.3) is 0 Å². The summed E-state index contributed by atoms with van der Waals surface area (Å²) in [5, 5.41) is 6.70.